The molecule has 0 aliphatic rings. The van der Waals surface area contributed by atoms with Crippen LogP contribution in [0.3, 0.4) is 0 Å². The Balaban J connectivity index is 1.87. The van der Waals surface area contributed by atoms with Crippen LogP contribution in [0.1, 0.15) is 31.4 Å². The van der Waals surface area contributed by atoms with Gasteiger partial charge in [0.1, 0.15) is 12.2 Å². The molecule has 0 saturated heterocycles. The molecule has 5 heteroatoms. The summed E-state index contributed by atoms with van der Waals surface area (Å²) in [5, 5.41) is 5.47. The third kappa shape index (κ3) is 5.95. The van der Waals surface area contributed by atoms with Crippen LogP contribution in [-0.4, -0.2) is 17.9 Å². The molecule has 0 bridgehead atoms. The molecule has 2 N–H and O–H groups in total. The highest BCUT2D eigenvalue weighted by Crippen LogP contribution is 2.18. The molecule has 0 saturated carbocycles. The molecule has 0 aliphatic carbocycles. The molecule has 0 aliphatic heterocycles. The van der Waals surface area contributed by atoms with E-state index in [-0.39, 0.29) is 24.3 Å². The maximum absolute atomic E-state index is 12.0. The number of hydrogen-bond acceptors (Lipinski definition) is 3. The van der Waals surface area contributed by atoms with Gasteiger partial charge in [0, 0.05) is 11.4 Å². The van der Waals surface area contributed by atoms with E-state index in [1.54, 1.807) is 24.3 Å². The first-order chi connectivity index (χ1) is 11.8. The van der Waals surface area contributed by atoms with Gasteiger partial charge in [0.2, 0.25) is 11.8 Å². The van der Waals surface area contributed by atoms with Gasteiger partial charge in [-0.15, -0.1) is 0 Å². The van der Waals surface area contributed by atoms with E-state index < -0.39 is 0 Å². The van der Waals surface area contributed by atoms with E-state index in [4.69, 9.17) is 4.74 Å². The summed E-state index contributed by atoms with van der Waals surface area (Å²) in [7, 11) is 0. The monoisotopic (exact) mass is 340 g/mol. The zero-order chi connectivity index (χ0) is 18.4. The van der Waals surface area contributed by atoms with Crippen LogP contribution in [0.15, 0.2) is 42.5 Å². The summed E-state index contributed by atoms with van der Waals surface area (Å²) in [6.07, 6.45) is -0.147. The average Bonchev–Trinajstić information content (AvgIpc) is 2.51. The van der Waals surface area contributed by atoms with Gasteiger partial charge in [0.25, 0.3) is 0 Å². The second-order valence-corrected chi connectivity index (χ2v) is 6.28. The standard InChI is InChI=1S/C20H24N2O3/c1-13(2)25-17-8-6-16(7-9-17)21-19(23)12-20(24)22-18-10-5-14(3)11-15(18)4/h5-11,13H,12H2,1-4H3,(H,21,23)(H,22,24). The Morgan fingerprint density at radius 3 is 2.20 bits per heavy atom. The van der Waals surface area contributed by atoms with Crippen molar-refractivity contribution in [3.8, 4) is 5.75 Å². The number of nitrogens with one attached hydrogen (secondary N) is 2. The molecule has 0 unspecified atom stereocenters. The maximum Gasteiger partial charge on any atom is 0.233 e. The number of aryl methyl sites for hydroxylation is 2. The Morgan fingerprint density at radius 2 is 1.60 bits per heavy atom. The Labute approximate surface area is 148 Å². The minimum atomic E-state index is -0.361. The van der Waals surface area contributed by atoms with Crippen LogP contribution in [0, 0.1) is 13.8 Å². The molecule has 2 aromatic rings. The molecule has 2 aromatic carbocycles. The molecule has 0 atom stereocenters. The molecule has 2 amide bonds. The predicted octanol–water partition coefficient (Wildman–Crippen LogP) is 4.06. The predicted molar refractivity (Wildman–Crippen MR) is 100.0 cm³/mol. The molecule has 25 heavy (non-hydrogen) atoms. The van der Waals surface area contributed by atoms with E-state index in [1.807, 2.05) is 45.9 Å². The second-order valence-electron chi connectivity index (χ2n) is 6.28. The molecular formula is C20H24N2O3. The lowest BCUT2D eigenvalue weighted by molar-refractivity contribution is -0.123. The number of carbonyl (C=O) groups excluding carboxylic acids is 2. The van der Waals surface area contributed by atoms with Crippen molar-refractivity contribution in [3.05, 3.63) is 53.6 Å². The summed E-state index contributed by atoms with van der Waals surface area (Å²) in [5.74, 6) is 0.0320. The Morgan fingerprint density at radius 1 is 0.960 bits per heavy atom. The molecule has 0 fully saturated rings. The van der Waals surface area contributed by atoms with Crippen molar-refractivity contribution in [3.63, 3.8) is 0 Å². The summed E-state index contributed by atoms with van der Waals surface area (Å²) in [4.78, 5) is 24.0. The Kier molecular flexibility index (Phi) is 6.17. The van der Waals surface area contributed by atoms with Crippen LogP contribution in [0.5, 0.6) is 5.75 Å². The molecule has 2 rings (SSSR count). The third-order valence-electron chi connectivity index (χ3n) is 3.49. The van der Waals surface area contributed by atoms with E-state index in [1.165, 1.54) is 0 Å². The molecule has 0 spiro atoms. The SMILES string of the molecule is Cc1ccc(NC(=O)CC(=O)Nc2ccc(OC(C)C)cc2)c(C)c1. The second kappa shape index (κ2) is 8.33. The van der Waals surface area contributed by atoms with E-state index in [9.17, 15) is 9.59 Å². The van der Waals surface area contributed by atoms with Gasteiger partial charge < -0.3 is 15.4 Å². The van der Waals surface area contributed by atoms with Crippen LogP contribution in [-0.2, 0) is 9.59 Å². The van der Waals surface area contributed by atoms with Crippen molar-refractivity contribution in [1.29, 1.82) is 0 Å². The van der Waals surface area contributed by atoms with E-state index in [0.717, 1.165) is 22.6 Å². The fourth-order valence-corrected chi connectivity index (χ4v) is 2.39. The molecule has 132 valence electrons. The minimum absolute atomic E-state index is 0.0920. The smallest absolute Gasteiger partial charge is 0.233 e. The zero-order valence-corrected chi connectivity index (χ0v) is 15.1. The number of anilines is 2. The molecule has 0 aromatic heterocycles. The minimum Gasteiger partial charge on any atom is -0.491 e. The summed E-state index contributed by atoms with van der Waals surface area (Å²) >= 11 is 0. The fraction of sp³-hybridized carbons (Fsp3) is 0.300. The molecule has 0 radical (unpaired) electrons. The van der Waals surface area contributed by atoms with Gasteiger partial charge in [-0.05, 0) is 63.6 Å². The van der Waals surface area contributed by atoms with E-state index >= 15 is 0 Å². The Bertz CT molecular complexity index is 752. The van der Waals surface area contributed by atoms with Crippen molar-refractivity contribution in [2.45, 2.75) is 40.2 Å². The Hall–Kier alpha value is -2.82. The van der Waals surface area contributed by atoms with Gasteiger partial charge in [-0.2, -0.15) is 0 Å². The lowest BCUT2D eigenvalue weighted by Crippen LogP contribution is -2.21. The first-order valence-corrected chi connectivity index (χ1v) is 8.27. The van der Waals surface area contributed by atoms with Crippen LogP contribution in [0.2, 0.25) is 0 Å². The topological polar surface area (TPSA) is 67.4 Å². The third-order valence-corrected chi connectivity index (χ3v) is 3.49. The quantitative estimate of drug-likeness (QED) is 0.779. The number of ether oxygens (including phenoxy) is 1. The lowest BCUT2D eigenvalue weighted by Gasteiger charge is -2.11. The zero-order valence-electron chi connectivity index (χ0n) is 15.1. The van der Waals surface area contributed by atoms with Gasteiger partial charge in [-0.25, -0.2) is 0 Å². The van der Waals surface area contributed by atoms with Crippen LogP contribution >= 0.6 is 0 Å². The summed E-state index contributed by atoms with van der Waals surface area (Å²) in [6, 6.07) is 12.8. The molecular weight excluding hydrogens is 316 g/mol. The molecule has 5 nitrogen and oxygen atoms in total. The highest BCUT2D eigenvalue weighted by Gasteiger charge is 2.11. The van der Waals surface area contributed by atoms with Gasteiger partial charge in [0.15, 0.2) is 0 Å². The number of benzene rings is 2. The van der Waals surface area contributed by atoms with Crippen LogP contribution in [0.4, 0.5) is 11.4 Å². The summed E-state index contributed by atoms with van der Waals surface area (Å²) < 4.78 is 5.55. The summed E-state index contributed by atoms with van der Waals surface area (Å²) in [6.45, 7) is 7.81. The van der Waals surface area contributed by atoms with E-state index in [2.05, 4.69) is 10.6 Å². The fourth-order valence-electron chi connectivity index (χ4n) is 2.39. The number of rotatable bonds is 6. The highest BCUT2D eigenvalue weighted by molar-refractivity contribution is 6.08. The van der Waals surface area contributed by atoms with Gasteiger partial charge in [-0.3, -0.25) is 9.59 Å². The maximum atomic E-state index is 12.0. The molecule has 0 heterocycles. The highest BCUT2D eigenvalue weighted by atomic mass is 16.5. The normalized spacial score (nSPS) is 10.4. The average molecular weight is 340 g/mol. The first-order valence-electron chi connectivity index (χ1n) is 8.27. The number of amides is 2. The van der Waals surface area contributed by atoms with Crippen molar-refractivity contribution in [2.75, 3.05) is 10.6 Å². The van der Waals surface area contributed by atoms with Crippen molar-refractivity contribution < 1.29 is 14.3 Å². The van der Waals surface area contributed by atoms with Gasteiger partial charge in [0.05, 0.1) is 6.10 Å². The largest absolute Gasteiger partial charge is 0.491 e. The van der Waals surface area contributed by atoms with E-state index in [0.29, 0.717) is 5.69 Å². The first kappa shape index (κ1) is 18.5. The lowest BCUT2D eigenvalue weighted by atomic mass is 10.1. The van der Waals surface area contributed by atoms with Crippen molar-refractivity contribution in [2.24, 2.45) is 0 Å². The number of hydrogen-bond donors (Lipinski definition) is 2. The van der Waals surface area contributed by atoms with Crippen molar-refractivity contribution >= 4 is 23.2 Å². The summed E-state index contributed by atoms with van der Waals surface area (Å²) in [5.41, 5.74) is 3.44. The van der Waals surface area contributed by atoms with Crippen molar-refractivity contribution in [1.82, 2.24) is 0 Å². The van der Waals surface area contributed by atoms with Gasteiger partial charge >= 0.3 is 0 Å². The number of carbonyl (C=O) groups is 2. The van der Waals surface area contributed by atoms with Crippen LogP contribution < -0.4 is 15.4 Å². The van der Waals surface area contributed by atoms with Crippen LogP contribution in [0.25, 0.3) is 0 Å². The van der Waals surface area contributed by atoms with Gasteiger partial charge in [-0.1, -0.05) is 17.7 Å².